The van der Waals surface area contributed by atoms with E-state index in [4.69, 9.17) is 14.2 Å². The summed E-state index contributed by atoms with van der Waals surface area (Å²) in [6.45, 7) is 6.04. The first kappa shape index (κ1) is 21.2. The van der Waals surface area contributed by atoms with Gasteiger partial charge in [-0.3, -0.25) is 9.59 Å². The molecule has 0 fully saturated rings. The van der Waals surface area contributed by atoms with Crippen LogP contribution in [0.2, 0.25) is 0 Å². The summed E-state index contributed by atoms with van der Waals surface area (Å²) in [7, 11) is 1.61. The van der Waals surface area contributed by atoms with E-state index < -0.39 is 29.3 Å². The Morgan fingerprint density at radius 3 is 2.42 bits per heavy atom. The van der Waals surface area contributed by atoms with Gasteiger partial charge in [0, 0.05) is 11.6 Å². The lowest BCUT2D eigenvalue weighted by Gasteiger charge is -2.46. The van der Waals surface area contributed by atoms with Crippen LogP contribution >= 0.6 is 0 Å². The largest absolute Gasteiger partial charge is 0.497 e. The van der Waals surface area contributed by atoms with Gasteiger partial charge in [0.25, 0.3) is 0 Å². The summed E-state index contributed by atoms with van der Waals surface area (Å²) >= 11 is 0. The number of fused-ring (bicyclic) bond motifs is 4. The first-order chi connectivity index (χ1) is 14.9. The van der Waals surface area contributed by atoms with Crippen molar-refractivity contribution in [3.05, 3.63) is 59.2 Å². The summed E-state index contributed by atoms with van der Waals surface area (Å²) in [4.78, 5) is 26.2. The van der Waals surface area contributed by atoms with Crippen molar-refractivity contribution in [2.24, 2.45) is 11.8 Å². The van der Waals surface area contributed by atoms with Crippen LogP contribution in [-0.2, 0) is 31.0 Å². The van der Waals surface area contributed by atoms with Crippen LogP contribution in [0.5, 0.6) is 5.75 Å². The molecule has 6 nitrogen and oxygen atoms in total. The highest BCUT2D eigenvalue weighted by molar-refractivity contribution is 5.96. The zero-order valence-electron chi connectivity index (χ0n) is 18.4. The van der Waals surface area contributed by atoms with Crippen LogP contribution in [0.1, 0.15) is 43.4 Å². The van der Waals surface area contributed by atoms with Gasteiger partial charge >= 0.3 is 11.9 Å². The minimum Gasteiger partial charge on any atom is -0.497 e. The van der Waals surface area contributed by atoms with Gasteiger partial charge in [0.15, 0.2) is 5.92 Å². The first-order valence-corrected chi connectivity index (χ1v) is 10.8. The molecule has 2 aliphatic rings. The molecular formula is C25H29NO5. The molecule has 1 aliphatic heterocycles. The van der Waals surface area contributed by atoms with Crippen LogP contribution in [0.15, 0.2) is 42.5 Å². The first-order valence-electron chi connectivity index (χ1n) is 10.8. The molecule has 164 valence electrons. The van der Waals surface area contributed by atoms with Gasteiger partial charge in [-0.15, -0.1) is 0 Å². The molecule has 0 unspecified atom stereocenters. The highest BCUT2D eigenvalue weighted by Gasteiger charge is 2.56. The molecule has 1 aliphatic carbocycles. The highest BCUT2D eigenvalue weighted by Crippen LogP contribution is 2.57. The molecule has 2 aromatic rings. The molecule has 4 rings (SSSR count). The average molecular weight is 424 g/mol. The molecule has 0 amide bonds. The zero-order valence-corrected chi connectivity index (χ0v) is 18.4. The van der Waals surface area contributed by atoms with Gasteiger partial charge in [-0.25, -0.2) is 0 Å². The van der Waals surface area contributed by atoms with Gasteiger partial charge in [-0.2, -0.15) is 0 Å². The molecular weight excluding hydrogens is 394 g/mol. The van der Waals surface area contributed by atoms with Gasteiger partial charge in [-0.1, -0.05) is 24.3 Å². The molecule has 0 saturated heterocycles. The van der Waals surface area contributed by atoms with Crippen molar-refractivity contribution in [1.29, 1.82) is 0 Å². The topological polar surface area (TPSA) is 73.9 Å². The number of nitrogens with one attached hydrogen (secondary N) is 1. The normalized spacial score (nSPS) is 23.3. The molecule has 0 bridgehead atoms. The Balaban J connectivity index is 1.91. The molecule has 0 radical (unpaired) electrons. The molecule has 1 heterocycles. The fourth-order valence-corrected chi connectivity index (χ4v) is 5.31. The predicted molar refractivity (Wildman–Crippen MR) is 117 cm³/mol. The fraction of sp³-hybridized carbons (Fsp3) is 0.440. The number of esters is 2. The Morgan fingerprint density at radius 2 is 1.77 bits per heavy atom. The maximum Gasteiger partial charge on any atom is 0.320 e. The van der Waals surface area contributed by atoms with E-state index in [1.165, 1.54) is 11.1 Å². The fourth-order valence-electron chi connectivity index (χ4n) is 5.31. The van der Waals surface area contributed by atoms with Crippen LogP contribution in [0, 0.1) is 11.8 Å². The number of methoxy groups -OCH3 is 1. The number of carbonyl (C=O) groups excluding carboxylic acids is 2. The van der Waals surface area contributed by atoms with Gasteiger partial charge < -0.3 is 19.5 Å². The number of ether oxygens (including phenoxy) is 3. The Kier molecular flexibility index (Phi) is 5.65. The van der Waals surface area contributed by atoms with Gasteiger partial charge in [0.1, 0.15) is 5.75 Å². The summed E-state index contributed by atoms with van der Waals surface area (Å²) in [6, 6.07) is 14.1. The molecule has 2 aromatic carbocycles. The third-order valence-corrected chi connectivity index (χ3v) is 6.64. The second kappa shape index (κ2) is 8.25. The molecule has 6 heteroatoms. The SMILES string of the molecule is CCOC(=O)C(C(=O)OCC)[C@H]1c2cc(OC)ccc2N[C@]2(C)c3ccccc3C[C@@H]12. The Labute approximate surface area is 182 Å². The lowest BCUT2D eigenvalue weighted by Crippen LogP contribution is -2.48. The van der Waals surface area contributed by atoms with E-state index in [0.717, 1.165) is 17.7 Å². The average Bonchev–Trinajstić information content (AvgIpc) is 3.06. The van der Waals surface area contributed by atoms with E-state index in [1.807, 2.05) is 30.3 Å². The van der Waals surface area contributed by atoms with Crippen molar-refractivity contribution in [2.75, 3.05) is 25.6 Å². The van der Waals surface area contributed by atoms with Crippen LogP contribution in [0.3, 0.4) is 0 Å². The molecule has 1 N–H and O–H groups in total. The van der Waals surface area contributed by atoms with E-state index in [9.17, 15) is 9.59 Å². The lowest BCUT2D eigenvalue weighted by atomic mass is 9.65. The molecule has 3 atom stereocenters. The third kappa shape index (κ3) is 3.44. The zero-order chi connectivity index (χ0) is 22.2. The third-order valence-electron chi connectivity index (χ3n) is 6.64. The van der Waals surface area contributed by atoms with Gasteiger partial charge in [-0.05, 0) is 68.0 Å². The number of rotatable bonds is 6. The quantitative estimate of drug-likeness (QED) is 0.559. The summed E-state index contributed by atoms with van der Waals surface area (Å²) in [5.41, 5.74) is 3.75. The predicted octanol–water partition coefficient (Wildman–Crippen LogP) is 4.03. The molecule has 0 spiro atoms. The second-order valence-electron chi connectivity index (χ2n) is 8.26. The van der Waals surface area contributed by atoms with Gasteiger partial charge in [0.2, 0.25) is 0 Å². The lowest BCUT2D eigenvalue weighted by molar-refractivity contribution is -0.164. The van der Waals surface area contributed by atoms with Gasteiger partial charge in [0.05, 0.1) is 25.9 Å². The van der Waals surface area contributed by atoms with E-state index in [0.29, 0.717) is 5.75 Å². The maximum atomic E-state index is 13.1. The highest BCUT2D eigenvalue weighted by atomic mass is 16.6. The molecule has 0 saturated carbocycles. The van der Waals surface area contributed by atoms with Crippen molar-refractivity contribution < 1.29 is 23.8 Å². The minimum atomic E-state index is -1.05. The standard InChI is InChI=1S/C25H29NO5/c1-5-30-23(27)22(24(28)31-6-2)21-17-14-16(29-4)11-12-20(17)26-25(3)18-10-8-7-9-15(18)13-19(21)25/h7-12,14,19,21-22,26H,5-6,13H2,1-4H3/t19-,21-,25+/m0/s1. The number of hydrogen-bond acceptors (Lipinski definition) is 6. The van der Waals surface area contributed by atoms with E-state index in [2.05, 4.69) is 24.4 Å². The Morgan fingerprint density at radius 1 is 1.10 bits per heavy atom. The van der Waals surface area contributed by atoms with Crippen LogP contribution < -0.4 is 10.1 Å². The summed E-state index contributed by atoms with van der Waals surface area (Å²) in [5.74, 6) is -1.91. The maximum absolute atomic E-state index is 13.1. The van der Waals surface area contributed by atoms with E-state index in [1.54, 1.807) is 21.0 Å². The number of anilines is 1. The molecule has 0 aromatic heterocycles. The van der Waals surface area contributed by atoms with Crippen molar-refractivity contribution in [2.45, 2.75) is 38.6 Å². The van der Waals surface area contributed by atoms with Crippen molar-refractivity contribution in [3.63, 3.8) is 0 Å². The Bertz CT molecular complexity index is 985. The van der Waals surface area contributed by atoms with E-state index >= 15 is 0 Å². The van der Waals surface area contributed by atoms with Crippen LogP contribution in [-0.4, -0.2) is 32.3 Å². The monoisotopic (exact) mass is 423 g/mol. The Hall–Kier alpha value is -3.02. The number of hydrogen-bond donors (Lipinski definition) is 1. The summed E-state index contributed by atoms with van der Waals surface area (Å²) in [5, 5.41) is 3.71. The smallest absolute Gasteiger partial charge is 0.320 e. The summed E-state index contributed by atoms with van der Waals surface area (Å²) in [6.07, 6.45) is 0.746. The molecule has 31 heavy (non-hydrogen) atoms. The van der Waals surface area contributed by atoms with Crippen LogP contribution in [0.4, 0.5) is 5.69 Å². The number of benzene rings is 2. The number of carbonyl (C=O) groups is 2. The second-order valence-corrected chi connectivity index (χ2v) is 8.26. The van der Waals surface area contributed by atoms with Crippen molar-refractivity contribution in [3.8, 4) is 5.75 Å². The van der Waals surface area contributed by atoms with Crippen LogP contribution in [0.25, 0.3) is 0 Å². The van der Waals surface area contributed by atoms with E-state index in [-0.39, 0.29) is 19.1 Å². The summed E-state index contributed by atoms with van der Waals surface area (Å²) < 4.78 is 16.2. The van der Waals surface area contributed by atoms with Crippen molar-refractivity contribution in [1.82, 2.24) is 0 Å². The minimum absolute atomic E-state index is 0.0386. The van der Waals surface area contributed by atoms with Crippen molar-refractivity contribution >= 4 is 17.6 Å².